The van der Waals surface area contributed by atoms with E-state index in [4.69, 9.17) is 18.9 Å². The van der Waals surface area contributed by atoms with Crippen LogP contribution >= 0.6 is 11.3 Å². The average Bonchev–Trinajstić information content (AvgIpc) is 1.75. The van der Waals surface area contributed by atoms with Gasteiger partial charge in [-0.05, 0) is 189 Å². The number of nitrogens with zero attached hydrogens (tertiary/aromatic N) is 2. The minimum absolute atomic E-state index is 0.350. The van der Waals surface area contributed by atoms with Gasteiger partial charge >= 0.3 is 23.9 Å². The van der Waals surface area contributed by atoms with E-state index in [1.54, 1.807) is 11.3 Å². The summed E-state index contributed by atoms with van der Waals surface area (Å²) in [7, 11) is 0. The van der Waals surface area contributed by atoms with Gasteiger partial charge in [-0.15, -0.1) is 11.3 Å². The van der Waals surface area contributed by atoms with Crippen LogP contribution in [0.3, 0.4) is 0 Å². The van der Waals surface area contributed by atoms with Gasteiger partial charge in [0, 0.05) is 68.2 Å². The molecule has 10 nitrogen and oxygen atoms in total. The molecule has 0 aliphatic carbocycles. The van der Waals surface area contributed by atoms with Crippen molar-refractivity contribution in [3.05, 3.63) is 231 Å². The number of unbranched alkanes of at least 4 members (excludes halogenated alkanes) is 15. The molecular weight excluding hydrogens is 1150 g/mol. The first-order valence-corrected chi connectivity index (χ1v) is 33.9. The van der Waals surface area contributed by atoms with Gasteiger partial charge in [-0.2, -0.15) is 0 Å². The fourth-order valence-corrected chi connectivity index (χ4v) is 12.2. The number of esters is 4. The number of hydrogen-bond donors (Lipinski definition) is 0. The van der Waals surface area contributed by atoms with Gasteiger partial charge < -0.3 is 28.7 Å². The van der Waals surface area contributed by atoms with E-state index < -0.39 is 5.97 Å². The molecule has 6 aromatic carbocycles. The predicted octanol–water partition coefficient (Wildman–Crippen LogP) is 21.4. The van der Waals surface area contributed by atoms with Crippen molar-refractivity contribution in [2.75, 3.05) is 29.6 Å². The van der Waals surface area contributed by atoms with E-state index >= 15 is 0 Å². The van der Waals surface area contributed by atoms with E-state index in [9.17, 15) is 19.2 Å². The quantitative estimate of drug-likeness (QED) is 0.0159. The highest BCUT2D eigenvalue weighted by atomic mass is 32.1. The molecule has 0 spiro atoms. The highest BCUT2D eigenvalue weighted by Crippen LogP contribution is 2.41. The van der Waals surface area contributed by atoms with E-state index in [0.717, 1.165) is 186 Å². The first-order chi connectivity index (χ1) is 44.6. The van der Waals surface area contributed by atoms with Crippen LogP contribution in [0, 0.1) is 0 Å². The Balaban J connectivity index is 1.04. The molecule has 7 aromatic rings. The largest absolute Gasteiger partial charge is 0.463 e. The summed E-state index contributed by atoms with van der Waals surface area (Å²) < 4.78 is 21.3. The van der Waals surface area contributed by atoms with Gasteiger partial charge in [-0.1, -0.05) is 183 Å². The monoisotopic (exact) mass is 1240 g/mol. The molecule has 0 saturated heterocycles. The van der Waals surface area contributed by atoms with Crippen molar-refractivity contribution < 1.29 is 38.1 Å². The second kappa shape index (κ2) is 39.6. The molecule has 1 heterocycles. The van der Waals surface area contributed by atoms with Crippen molar-refractivity contribution in [3.63, 3.8) is 0 Å². The zero-order chi connectivity index (χ0) is 64.3. The van der Waals surface area contributed by atoms with Crippen LogP contribution in [0.1, 0.15) is 164 Å². The number of carbonyl (C=O) groups is 4. The van der Waals surface area contributed by atoms with Crippen molar-refractivity contribution in [3.8, 4) is 20.9 Å². The molecule has 1 aromatic heterocycles. The Labute approximate surface area is 546 Å². The van der Waals surface area contributed by atoms with Gasteiger partial charge in [0.25, 0.3) is 0 Å². The van der Waals surface area contributed by atoms with Crippen LogP contribution < -0.4 is 9.80 Å². The lowest BCUT2D eigenvalue weighted by molar-refractivity contribution is -0.144. The van der Waals surface area contributed by atoms with Crippen LogP contribution in [0.5, 0.6) is 0 Å². The van der Waals surface area contributed by atoms with Gasteiger partial charge in [-0.3, -0.25) is 0 Å². The maximum Gasteiger partial charge on any atom is 0.330 e. The average molecular weight is 1240 g/mol. The smallest absolute Gasteiger partial charge is 0.330 e. The summed E-state index contributed by atoms with van der Waals surface area (Å²) in [6.07, 6.45) is 28.4. The van der Waals surface area contributed by atoms with Gasteiger partial charge in [0.05, 0.1) is 19.8 Å². The van der Waals surface area contributed by atoms with E-state index in [1.165, 1.54) is 63.6 Å². The van der Waals surface area contributed by atoms with Crippen molar-refractivity contribution in [1.29, 1.82) is 0 Å². The molecule has 1 unspecified atom stereocenters. The van der Waals surface area contributed by atoms with Gasteiger partial charge in [0.15, 0.2) is 0 Å². The topological polar surface area (TPSA) is 112 Å². The fourth-order valence-electron chi connectivity index (χ4n) is 11.2. The number of benzene rings is 6. The summed E-state index contributed by atoms with van der Waals surface area (Å²) in [5.41, 5.74) is 13.6. The van der Waals surface area contributed by atoms with Crippen LogP contribution in [0.4, 0.5) is 34.1 Å². The summed E-state index contributed by atoms with van der Waals surface area (Å²) in [4.78, 5) is 53.5. The zero-order valence-electron chi connectivity index (χ0n) is 53.7. The Morgan fingerprint density at radius 3 is 0.978 bits per heavy atom. The molecular formula is C80H94N2O8S. The Hall–Kier alpha value is -8.54. The van der Waals surface area contributed by atoms with Crippen LogP contribution in [0.15, 0.2) is 208 Å². The first kappa shape index (κ1) is 69.9. The number of aryl methyl sites for hydroxylation is 3. The van der Waals surface area contributed by atoms with E-state index in [2.05, 4.69) is 201 Å². The third-order valence-corrected chi connectivity index (χ3v) is 17.5. The van der Waals surface area contributed by atoms with Gasteiger partial charge in [-0.25, -0.2) is 19.2 Å². The Morgan fingerprint density at radius 1 is 0.363 bits per heavy atom. The molecule has 0 bridgehead atoms. The SMILES string of the molecule is C=CC(=O)OCCCCCCCCc1ccc(N(c2ccc(CCCCCCOC(=O)C=C)cc2)c2ccc(-c3ccc(-c4ccc(N(c5ccc(CCCCCCCCOC(=O)C=C)cc5)c5ccc(C(CCCCC)OC(=O)C=C)cc5)cc4)s3)cc2)cc1. The van der Waals surface area contributed by atoms with Crippen LogP contribution in [-0.4, -0.2) is 43.7 Å². The van der Waals surface area contributed by atoms with Gasteiger partial charge in [0.2, 0.25) is 0 Å². The minimum atomic E-state index is -0.413. The zero-order valence-corrected chi connectivity index (χ0v) is 54.5. The summed E-state index contributed by atoms with van der Waals surface area (Å²) in [6.45, 7) is 17.6. The number of rotatable bonds is 43. The highest BCUT2D eigenvalue weighted by molar-refractivity contribution is 7.18. The number of carbonyl (C=O) groups excluding carboxylic acids is 4. The molecule has 11 heteroatoms. The third kappa shape index (κ3) is 23.7. The maximum atomic E-state index is 12.5. The molecule has 0 aliphatic rings. The van der Waals surface area contributed by atoms with Crippen molar-refractivity contribution >= 4 is 69.3 Å². The fraction of sp³-hybridized carbons (Fsp3) is 0.350. The van der Waals surface area contributed by atoms with E-state index in [-0.39, 0.29) is 24.0 Å². The summed E-state index contributed by atoms with van der Waals surface area (Å²) in [5.74, 6) is -1.49. The lowest BCUT2D eigenvalue weighted by atomic mass is 10.0. The molecule has 478 valence electrons. The van der Waals surface area contributed by atoms with E-state index in [0.29, 0.717) is 19.8 Å². The molecule has 7 rings (SSSR count). The van der Waals surface area contributed by atoms with Crippen LogP contribution in [0.2, 0.25) is 0 Å². The maximum absolute atomic E-state index is 12.5. The summed E-state index contributed by atoms with van der Waals surface area (Å²) in [5, 5.41) is 0. The molecule has 0 N–H and O–H groups in total. The first-order valence-electron chi connectivity index (χ1n) is 33.1. The Kier molecular flexibility index (Phi) is 30.4. The number of anilines is 6. The van der Waals surface area contributed by atoms with Crippen molar-refractivity contribution in [1.82, 2.24) is 0 Å². The lowest BCUT2D eigenvalue weighted by Gasteiger charge is -2.26. The Morgan fingerprint density at radius 2 is 0.659 bits per heavy atom. The molecule has 0 saturated carbocycles. The lowest BCUT2D eigenvalue weighted by Crippen LogP contribution is -2.12. The molecule has 1 atom stereocenters. The standard InChI is InChI=1S/C80H94N2O8S/c1-6-11-22-32-74(90-80(86)10-5)65-39-51-71(52-40-65)82(70-49-37-63(38-50-70)30-24-17-13-15-20-27-60-88-78(84)8-3)73-55-43-67(44-56-73)76-58-57-75(91-76)66-41-53-72(54-42-66)81(69-47-35-64(36-48-69)31-25-18-21-28-61-89-79(85)9-4)68-45-33-62(34-46-68)29-23-16-12-14-19-26-59-87-77(83)7-2/h7-10,33-58,74H,2-6,11-32,59-61H2,1H3. The normalized spacial score (nSPS) is 11.3. The molecule has 0 radical (unpaired) electrons. The van der Waals surface area contributed by atoms with Crippen LogP contribution in [0.25, 0.3) is 20.9 Å². The van der Waals surface area contributed by atoms with E-state index in [1.807, 2.05) is 0 Å². The van der Waals surface area contributed by atoms with Gasteiger partial charge in [0.1, 0.15) is 6.10 Å². The predicted molar refractivity (Wildman–Crippen MR) is 376 cm³/mol. The summed E-state index contributed by atoms with van der Waals surface area (Å²) >= 11 is 1.79. The Bertz CT molecular complexity index is 3330. The minimum Gasteiger partial charge on any atom is -0.463 e. The second-order valence-corrected chi connectivity index (χ2v) is 24.3. The summed E-state index contributed by atoms with van der Waals surface area (Å²) in [6, 6.07) is 57.6. The van der Waals surface area contributed by atoms with Crippen molar-refractivity contribution in [2.24, 2.45) is 0 Å². The second-order valence-electron chi connectivity index (χ2n) is 23.2. The number of ether oxygens (including phenoxy) is 4. The van der Waals surface area contributed by atoms with Crippen LogP contribution in [-0.2, 0) is 57.4 Å². The van der Waals surface area contributed by atoms with Crippen molar-refractivity contribution in [2.45, 2.75) is 161 Å². The number of hydrogen-bond acceptors (Lipinski definition) is 11. The molecule has 0 fully saturated rings. The highest BCUT2D eigenvalue weighted by Gasteiger charge is 2.20. The number of thiophene rings is 1. The third-order valence-electron chi connectivity index (χ3n) is 16.3. The molecule has 91 heavy (non-hydrogen) atoms. The molecule has 0 aliphatic heterocycles. The molecule has 0 amide bonds.